The molecule has 4 heterocycles. The zero-order valence-electron chi connectivity index (χ0n) is 34.7. The first-order chi connectivity index (χ1) is 31.7. The molecule has 0 amide bonds. The van der Waals surface area contributed by atoms with Crippen LogP contribution in [0.25, 0.3) is 93.4 Å². The van der Waals surface area contributed by atoms with Crippen LogP contribution in [-0.4, -0.2) is 10.5 Å². The molecular weight excluding hydrogens is 781 g/mol. The van der Waals surface area contributed by atoms with E-state index in [1.165, 1.54) is 60.3 Å². The molecule has 2 unspecified atom stereocenters. The standard InChI is InChI=1S/C60H38N2O2/c1-2-10-37(11-3-1)38-18-24-43(25-19-38)61(44-26-20-39(21-27-44)40-22-29-49-48-14-6-9-17-56(48)63-57(49)34-40)45-28-31-51-50-30-23-41(35-58(50)64-59(51)36-45)42-32-52-46-12-4-7-15-54(46)62-55-16-8-5-13-47(55)53(33-42)60(52)62/h1-36,51,59H. The monoisotopic (exact) mass is 818 g/mol. The number of fused-ring (bicyclic) bond motifs is 12. The lowest BCUT2D eigenvalue weighted by Gasteiger charge is -2.30. The molecule has 300 valence electrons. The Bertz CT molecular complexity index is 3790. The van der Waals surface area contributed by atoms with E-state index >= 15 is 0 Å². The Kier molecular flexibility index (Phi) is 7.48. The summed E-state index contributed by atoms with van der Waals surface area (Å²) in [5, 5.41) is 7.39. The minimum absolute atomic E-state index is 0.121. The van der Waals surface area contributed by atoms with E-state index in [-0.39, 0.29) is 12.0 Å². The van der Waals surface area contributed by atoms with E-state index in [4.69, 9.17) is 9.15 Å². The molecule has 4 heteroatoms. The number of aromatic nitrogens is 1. The molecule has 0 fully saturated rings. The molecule has 64 heavy (non-hydrogen) atoms. The predicted octanol–water partition coefficient (Wildman–Crippen LogP) is 15.9. The van der Waals surface area contributed by atoms with E-state index in [0.29, 0.717) is 0 Å². The Morgan fingerprint density at radius 3 is 1.70 bits per heavy atom. The van der Waals surface area contributed by atoms with Gasteiger partial charge in [0.2, 0.25) is 0 Å². The number of para-hydroxylation sites is 3. The fourth-order valence-corrected chi connectivity index (χ4v) is 10.6. The largest absolute Gasteiger partial charge is 0.485 e. The molecule has 2 aliphatic rings. The van der Waals surface area contributed by atoms with Crippen LogP contribution in [0, 0.1) is 0 Å². The SMILES string of the molecule is C1=CC2c3ccc(-c4cc5c6ccccc6n6c7ccccc7c(c4)c56)cc3OC2C=C1N(c1ccc(-c2ccccc2)cc1)c1ccc(-c2ccc3c(c2)oc2ccccc23)cc1. The van der Waals surface area contributed by atoms with Gasteiger partial charge in [-0.25, -0.2) is 0 Å². The second-order valence-electron chi connectivity index (χ2n) is 17.2. The summed E-state index contributed by atoms with van der Waals surface area (Å²) in [5.74, 6) is 1.06. The highest BCUT2D eigenvalue weighted by Crippen LogP contribution is 2.47. The number of anilines is 2. The van der Waals surface area contributed by atoms with Crippen LogP contribution in [0.2, 0.25) is 0 Å². The van der Waals surface area contributed by atoms with Crippen molar-refractivity contribution in [3.05, 3.63) is 230 Å². The molecule has 0 saturated heterocycles. The van der Waals surface area contributed by atoms with Crippen molar-refractivity contribution in [3.8, 4) is 39.1 Å². The second-order valence-corrected chi connectivity index (χ2v) is 17.2. The summed E-state index contributed by atoms with van der Waals surface area (Å²) in [7, 11) is 0. The van der Waals surface area contributed by atoms with Crippen molar-refractivity contribution in [2.75, 3.05) is 4.90 Å². The molecule has 9 aromatic carbocycles. The van der Waals surface area contributed by atoms with Gasteiger partial charge in [-0.15, -0.1) is 0 Å². The lowest BCUT2D eigenvalue weighted by molar-refractivity contribution is 0.268. The number of hydrogen-bond acceptors (Lipinski definition) is 3. The zero-order chi connectivity index (χ0) is 41.9. The summed E-state index contributed by atoms with van der Waals surface area (Å²) in [6.07, 6.45) is 6.75. The van der Waals surface area contributed by atoms with Crippen LogP contribution in [-0.2, 0) is 0 Å². The predicted molar refractivity (Wildman–Crippen MR) is 264 cm³/mol. The number of allylic oxidation sites excluding steroid dienone is 1. The number of ether oxygens (including phenoxy) is 1. The van der Waals surface area contributed by atoms with Gasteiger partial charge < -0.3 is 18.5 Å². The van der Waals surface area contributed by atoms with Crippen LogP contribution in [0.3, 0.4) is 0 Å². The van der Waals surface area contributed by atoms with E-state index in [0.717, 1.165) is 61.5 Å². The highest BCUT2D eigenvalue weighted by Gasteiger charge is 2.35. The summed E-state index contributed by atoms with van der Waals surface area (Å²) in [6.45, 7) is 0. The van der Waals surface area contributed by atoms with Crippen molar-refractivity contribution in [1.82, 2.24) is 4.40 Å². The molecule has 12 aromatic rings. The number of benzene rings is 9. The Morgan fingerprint density at radius 2 is 0.984 bits per heavy atom. The topological polar surface area (TPSA) is 30.0 Å². The second kappa shape index (κ2) is 13.6. The van der Waals surface area contributed by atoms with Crippen molar-refractivity contribution in [2.45, 2.75) is 12.0 Å². The van der Waals surface area contributed by atoms with Crippen LogP contribution in [0.1, 0.15) is 11.5 Å². The molecule has 0 spiro atoms. The number of nitrogens with zero attached hydrogens (tertiary/aromatic N) is 2. The summed E-state index contributed by atoms with van der Waals surface area (Å²) >= 11 is 0. The molecule has 0 saturated carbocycles. The summed E-state index contributed by atoms with van der Waals surface area (Å²) in [6, 6.07) is 72.2. The van der Waals surface area contributed by atoms with E-state index in [1.807, 2.05) is 12.1 Å². The van der Waals surface area contributed by atoms with Gasteiger partial charge in [-0.3, -0.25) is 0 Å². The lowest BCUT2D eigenvalue weighted by Crippen LogP contribution is -2.24. The molecule has 0 radical (unpaired) electrons. The molecule has 4 nitrogen and oxygen atoms in total. The van der Waals surface area contributed by atoms with Crippen molar-refractivity contribution >= 4 is 71.4 Å². The number of furan rings is 1. The third kappa shape index (κ3) is 5.29. The van der Waals surface area contributed by atoms with E-state index in [1.54, 1.807) is 0 Å². The first kappa shape index (κ1) is 35.3. The van der Waals surface area contributed by atoms with Gasteiger partial charge in [0.25, 0.3) is 0 Å². The lowest BCUT2D eigenvalue weighted by atomic mass is 9.89. The van der Waals surface area contributed by atoms with Crippen LogP contribution in [0.4, 0.5) is 11.4 Å². The van der Waals surface area contributed by atoms with Crippen molar-refractivity contribution in [1.29, 1.82) is 0 Å². The van der Waals surface area contributed by atoms with Gasteiger partial charge in [0.05, 0.1) is 16.6 Å². The first-order valence-electron chi connectivity index (χ1n) is 22.1. The summed E-state index contributed by atoms with van der Waals surface area (Å²) in [4.78, 5) is 2.35. The van der Waals surface area contributed by atoms with Gasteiger partial charge in [-0.2, -0.15) is 0 Å². The molecule has 0 N–H and O–H groups in total. The minimum atomic E-state index is -0.142. The Labute approximate surface area is 369 Å². The molecule has 3 aromatic heterocycles. The molecule has 2 atom stereocenters. The normalized spacial score (nSPS) is 15.7. The maximum absolute atomic E-state index is 6.93. The maximum Gasteiger partial charge on any atom is 0.136 e. The number of rotatable bonds is 6. The average molecular weight is 819 g/mol. The molecule has 14 rings (SSSR count). The summed E-state index contributed by atoms with van der Waals surface area (Å²) in [5.41, 5.74) is 17.0. The fourth-order valence-electron chi connectivity index (χ4n) is 10.6. The summed E-state index contributed by atoms with van der Waals surface area (Å²) < 4.78 is 15.6. The molecule has 1 aliphatic carbocycles. The van der Waals surface area contributed by atoms with Crippen LogP contribution in [0.15, 0.2) is 229 Å². The molecular formula is C60H38N2O2. The van der Waals surface area contributed by atoms with Crippen LogP contribution >= 0.6 is 0 Å². The van der Waals surface area contributed by atoms with Gasteiger partial charge in [0.15, 0.2) is 0 Å². The van der Waals surface area contributed by atoms with E-state index < -0.39 is 0 Å². The maximum atomic E-state index is 6.93. The van der Waals surface area contributed by atoms with Gasteiger partial charge in [-0.05, 0) is 118 Å². The van der Waals surface area contributed by atoms with Crippen molar-refractivity contribution < 1.29 is 9.15 Å². The first-order valence-corrected chi connectivity index (χ1v) is 22.1. The zero-order valence-corrected chi connectivity index (χ0v) is 34.7. The number of hydrogen-bond donors (Lipinski definition) is 0. The van der Waals surface area contributed by atoms with E-state index in [2.05, 4.69) is 216 Å². The Morgan fingerprint density at radius 1 is 0.422 bits per heavy atom. The van der Waals surface area contributed by atoms with Gasteiger partial charge in [0, 0.05) is 60.9 Å². The van der Waals surface area contributed by atoms with Crippen molar-refractivity contribution in [3.63, 3.8) is 0 Å². The minimum Gasteiger partial charge on any atom is -0.485 e. The highest BCUT2D eigenvalue weighted by atomic mass is 16.5. The van der Waals surface area contributed by atoms with Crippen LogP contribution < -0.4 is 9.64 Å². The average Bonchev–Trinajstić information content (AvgIpc) is 4.11. The highest BCUT2D eigenvalue weighted by molar-refractivity contribution is 6.24. The molecule has 0 bridgehead atoms. The smallest absolute Gasteiger partial charge is 0.136 e. The van der Waals surface area contributed by atoms with Crippen LogP contribution in [0.5, 0.6) is 5.75 Å². The van der Waals surface area contributed by atoms with Gasteiger partial charge >= 0.3 is 0 Å². The quantitative estimate of drug-likeness (QED) is 0.167. The Hall–Kier alpha value is -8.34. The Balaban J connectivity index is 0.822. The van der Waals surface area contributed by atoms with Gasteiger partial charge in [-0.1, -0.05) is 133 Å². The van der Waals surface area contributed by atoms with Gasteiger partial charge in [0.1, 0.15) is 23.0 Å². The third-order valence-corrected chi connectivity index (χ3v) is 13.7. The van der Waals surface area contributed by atoms with E-state index in [9.17, 15) is 0 Å². The van der Waals surface area contributed by atoms with Crippen molar-refractivity contribution in [2.24, 2.45) is 0 Å². The fraction of sp³-hybridized carbons (Fsp3) is 0.0333. The molecule has 1 aliphatic heterocycles. The third-order valence-electron chi connectivity index (χ3n) is 13.7.